The zero-order chi connectivity index (χ0) is 16.6. The van der Waals surface area contributed by atoms with Crippen LogP contribution in [0.1, 0.15) is 20.0 Å². The summed E-state index contributed by atoms with van der Waals surface area (Å²) in [7, 11) is 2.93. The molecule has 23 heavy (non-hydrogen) atoms. The minimum atomic E-state index is -1.08. The SMILES string of the molecule is CON(C)C(=O)c1ccc(-c2cnc3[nH]cc(C(=O)O)c3n2)s1. The van der Waals surface area contributed by atoms with Gasteiger partial charge in [-0.25, -0.2) is 19.8 Å². The molecule has 0 aliphatic rings. The van der Waals surface area contributed by atoms with Crippen LogP contribution in [0.25, 0.3) is 21.7 Å². The van der Waals surface area contributed by atoms with Gasteiger partial charge in [0, 0.05) is 13.2 Å². The quantitative estimate of drug-likeness (QED) is 0.708. The number of hydrogen-bond donors (Lipinski definition) is 2. The fourth-order valence-electron chi connectivity index (χ4n) is 2.00. The first-order valence-corrected chi connectivity index (χ1v) is 7.32. The van der Waals surface area contributed by atoms with Crippen molar-refractivity contribution in [1.29, 1.82) is 0 Å². The molecule has 9 heteroatoms. The largest absolute Gasteiger partial charge is 0.478 e. The number of carboxylic acids is 1. The minimum Gasteiger partial charge on any atom is -0.478 e. The second-order valence-corrected chi connectivity index (χ2v) is 5.69. The fraction of sp³-hybridized carbons (Fsp3) is 0.143. The smallest absolute Gasteiger partial charge is 0.339 e. The third-order valence-corrected chi connectivity index (χ3v) is 4.34. The lowest BCUT2D eigenvalue weighted by Crippen LogP contribution is -2.24. The zero-order valence-electron chi connectivity index (χ0n) is 12.2. The Morgan fingerprint density at radius 2 is 2.17 bits per heavy atom. The number of nitrogens with zero attached hydrogens (tertiary/aromatic N) is 3. The second kappa shape index (κ2) is 5.78. The number of nitrogens with one attached hydrogen (secondary N) is 1. The highest BCUT2D eigenvalue weighted by Gasteiger charge is 2.17. The van der Waals surface area contributed by atoms with Crippen molar-refractivity contribution in [2.24, 2.45) is 0 Å². The van der Waals surface area contributed by atoms with Crippen molar-refractivity contribution in [2.75, 3.05) is 14.2 Å². The predicted octanol–water partition coefficient (Wildman–Crippen LogP) is 2.02. The van der Waals surface area contributed by atoms with Crippen molar-refractivity contribution < 1.29 is 19.5 Å². The monoisotopic (exact) mass is 332 g/mol. The maximum Gasteiger partial charge on any atom is 0.339 e. The van der Waals surface area contributed by atoms with Gasteiger partial charge >= 0.3 is 5.97 Å². The number of H-pyrrole nitrogens is 1. The highest BCUT2D eigenvalue weighted by molar-refractivity contribution is 7.17. The number of aromatic carboxylic acids is 1. The lowest BCUT2D eigenvalue weighted by molar-refractivity contribution is -0.0753. The number of carboxylic acid groups (broad SMARTS) is 1. The lowest BCUT2D eigenvalue weighted by atomic mass is 10.3. The Morgan fingerprint density at radius 3 is 2.87 bits per heavy atom. The summed E-state index contributed by atoms with van der Waals surface area (Å²) in [4.78, 5) is 40.5. The molecular weight excluding hydrogens is 320 g/mol. The maximum absolute atomic E-state index is 12.0. The van der Waals surface area contributed by atoms with E-state index in [1.807, 2.05) is 0 Å². The molecule has 1 amide bonds. The fourth-order valence-corrected chi connectivity index (χ4v) is 2.93. The Kier molecular flexibility index (Phi) is 3.80. The number of hydroxylamine groups is 2. The van der Waals surface area contributed by atoms with Gasteiger partial charge in [-0.05, 0) is 12.1 Å². The van der Waals surface area contributed by atoms with Crippen LogP contribution < -0.4 is 0 Å². The van der Waals surface area contributed by atoms with Crippen molar-refractivity contribution in [3.63, 3.8) is 0 Å². The molecule has 0 bridgehead atoms. The number of hydrogen-bond acceptors (Lipinski definition) is 6. The van der Waals surface area contributed by atoms with Crippen LogP contribution in [0.15, 0.2) is 24.5 Å². The number of amides is 1. The molecule has 0 saturated carbocycles. The van der Waals surface area contributed by atoms with Crippen molar-refractivity contribution in [1.82, 2.24) is 20.0 Å². The summed E-state index contributed by atoms with van der Waals surface area (Å²) in [5.41, 5.74) is 1.24. The molecule has 0 aliphatic carbocycles. The van der Waals surface area contributed by atoms with Crippen LogP contribution in [0.5, 0.6) is 0 Å². The molecule has 3 rings (SSSR count). The average Bonchev–Trinajstić information content (AvgIpc) is 3.19. The number of carbonyl (C=O) groups is 2. The van der Waals surface area contributed by atoms with E-state index in [4.69, 9.17) is 9.94 Å². The van der Waals surface area contributed by atoms with Gasteiger partial charge in [0.15, 0.2) is 5.65 Å². The summed E-state index contributed by atoms with van der Waals surface area (Å²) in [5.74, 6) is -1.35. The summed E-state index contributed by atoms with van der Waals surface area (Å²) in [5, 5.41) is 10.3. The first-order chi connectivity index (χ1) is 11.0. The number of carbonyl (C=O) groups excluding carboxylic acids is 1. The number of rotatable bonds is 4. The van der Waals surface area contributed by atoms with E-state index < -0.39 is 5.97 Å². The molecule has 118 valence electrons. The number of fused-ring (bicyclic) bond motifs is 1. The Balaban J connectivity index is 2.00. The molecule has 0 unspecified atom stereocenters. The van der Waals surface area contributed by atoms with E-state index >= 15 is 0 Å². The van der Waals surface area contributed by atoms with E-state index in [9.17, 15) is 9.59 Å². The molecule has 0 radical (unpaired) electrons. The Hall–Kier alpha value is -2.78. The van der Waals surface area contributed by atoms with Crippen LogP contribution in [0.3, 0.4) is 0 Å². The first kappa shape index (κ1) is 15.1. The molecule has 0 aromatic carbocycles. The summed E-state index contributed by atoms with van der Waals surface area (Å²) in [6, 6.07) is 3.41. The molecule has 3 aromatic rings. The topological polar surface area (TPSA) is 108 Å². The molecule has 2 N–H and O–H groups in total. The predicted molar refractivity (Wildman–Crippen MR) is 83.3 cm³/mol. The van der Waals surface area contributed by atoms with Crippen LogP contribution in [0, 0.1) is 0 Å². The molecule has 0 fully saturated rings. The maximum atomic E-state index is 12.0. The molecule has 3 heterocycles. The number of thiophene rings is 1. The van der Waals surface area contributed by atoms with E-state index in [1.165, 1.54) is 37.9 Å². The molecular formula is C14H12N4O4S. The second-order valence-electron chi connectivity index (χ2n) is 4.61. The van der Waals surface area contributed by atoms with E-state index in [2.05, 4.69) is 15.0 Å². The average molecular weight is 332 g/mol. The molecule has 0 spiro atoms. The van der Waals surface area contributed by atoms with E-state index in [0.29, 0.717) is 21.1 Å². The first-order valence-electron chi connectivity index (χ1n) is 6.51. The zero-order valence-corrected chi connectivity index (χ0v) is 13.0. The van der Waals surface area contributed by atoms with Crippen molar-refractivity contribution in [3.8, 4) is 10.6 Å². The van der Waals surface area contributed by atoms with Gasteiger partial charge < -0.3 is 10.1 Å². The number of aromatic amines is 1. The van der Waals surface area contributed by atoms with Gasteiger partial charge in [-0.15, -0.1) is 11.3 Å². The highest BCUT2D eigenvalue weighted by Crippen LogP contribution is 2.28. The van der Waals surface area contributed by atoms with Gasteiger partial charge in [-0.3, -0.25) is 9.63 Å². The van der Waals surface area contributed by atoms with Gasteiger partial charge in [-0.1, -0.05) is 0 Å². The Bertz CT molecular complexity index is 901. The molecule has 8 nitrogen and oxygen atoms in total. The van der Waals surface area contributed by atoms with E-state index in [1.54, 1.807) is 12.1 Å². The molecule has 0 aliphatic heterocycles. The summed E-state index contributed by atoms with van der Waals surface area (Å²) in [6.07, 6.45) is 2.89. The van der Waals surface area contributed by atoms with Crippen LogP contribution in [-0.4, -0.2) is 51.2 Å². The summed E-state index contributed by atoms with van der Waals surface area (Å²) in [6.45, 7) is 0. The van der Waals surface area contributed by atoms with Crippen LogP contribution in [0.4, 0.5) is 0 Å². The molecule has 0 saturated heterocycles. The summed E-state index contributed by atoms with van der Waals surface area (Å²) >= 11 is 1.23. The lowest BCUT2D eigenvalue weighted by Gasteiger charge is -2.11. The normalized spacial score (nSPS) is 10.9. The van der Waals surface area contributed by atoms with Crippen LogP contribution >= 0.6 is 11.3 Å². The van der Waals surface area contributed by atoms with E-state index in [0.717, 1.165) is 5.06 Å². The standard InChI is InChI=1S/C14H12N4O4S/c1-18(22-2)13(19)10-4-3-9(23-10)8-6-16-12-11(17-8)7(5-15-12)14(20)21/h3-6H,1-2H3,(H,15,16)(H,20,21). The Morgan fingerprint density at radius 1 is 1.39 bits per heavy atom. The minimum absolute atomic E-state index is 0.0568. The van der Waals surface area contributed by atoms with Gasteiger partial charge in [-0.2, -0.15) is 0 Å². The highest BCUT2D eigenvalue weighted by atomic mass is 32.1. The van der Waals surface area contributed by atoms with Crippen molar-refractivity contribution in [2.45, 2.75) is 0 Å². The van der Waals surface area contributed by atoms with Gasteiger partial charge in [0.05, 0.1) is 28.8 Å². The third kappa shape index (κ3) is 2.67. The van der Waals surface area contributed by atoms with Crippen molar-refractivity contribution in [3.05, 3.63) is 35.0 Å². The van der Waals surface area contributed by atoms with Gasteiger partial charge in [0.25, 0.3) is 5.91 Å². The molecule has 3 aromatic heterocycles. The third-order valence-electron chi connectivity index (χ3n) is 3.24. The van der Waals surface area contributed by atoms with Crippen molar-refractivity contribution >= 4 is 34.4 Å². The van der Waals surface area contributed by atoms with Crippen LogP contribution in [0.2, 0.25) is 0 Å². The Labute approximate surface area is 134 Å². The molecule has 0 atom stereocenters. The van der Waals surface area contributed by atoms with E-state index in [-0.39, 0.29) is 17.0 Å². The number of aromatic nitrogens is 3. The van der Waals surface area contributed by atoms with Crippen LogP contribution in [-0.2, 0) is 4.84 Å². The van der Waals surface area contributed by atoms with Gasteiger partial charge in [0.1, 0.15) is 11.1 Å². The van der Waals surface area contributed by atoms with Gasteiger partial charge in [0.2, 0.25) is 0 Å². The summed E-state index contributed by atoms with van der Waals surface area (Å²) < 4.78 is 0.